The second-order valence-corrected chi connectivity index (χ2v) is 5.22. The highest BCUT2D eigenvalue weighted by Crippen LogP contribution is 2.26. The van der Waals surface area contributed by atoms with E-state index in [0.29, 0.717) is 17.0 Å². The Balaban J connectivity index is 1.81. The Bertz CT molecular complexity index is 832. The molecule has 3 rings (SSSR count). The molecule has 0 bridgehead atoms. The molecule has 120 valence electrons. The molecule has 0 fully saturated rings. The SMILES string of the molecule is COc1cccc(C(=O)Nc2ccccc2Nc2ccccc2)c1. The third-order valence-electron chi connectivity index (χ3n) is 3.56. The molecule has 2 N–H and O–H groups in total. The van der Waals surface area contributed by atoms with Gasteiger partial charge in [0, 0.05) is 11.3 Å². The summed E-state index contributed by atoms with van der Waals surface area (Å²) >= 11 is 0. The first-order chi connectivity index (χ1) is 11.8. The van der Waals surface area contributed by atoms with Crippen LogP contribution in [-0.2, 0) is 0 Å². The summed E-state index contributed by atoms with van der Waals surface area (Å²) in [6.07, 6.45) is 0. The predicted octanol–water partition coefficient (Wildman–Crippen LogP) is 4.69. The Kier molecular flexibility index (Phi) is 4.77. The number of carbonyl (C=O) groups is 1. The van der Waals surface area contributed by atoms with Gasteiger partial charge in [-0.1, -0.05) is 36.4 Å². The van der Waals surface area contributed by atoms with Crippen molar-refractivity contribution in [2.24, 2.45) is 0 Å². The Morgan fingerprint density at radius 3 is 2.29 bits per heavy atom. The fourth-order valence-corrected chi connectivity index (χ4v) is 2.34. The topological polar surface area (TPSA) is 50.4 Å². The van der Waals surface area contributed by atoms with Gasteiger partial charge in [-0.3, -0.25) is 4.79 Å². The molecule has 0 aliphatic rings. The van der Waals surface area contributed by atoms with Gasteiger partial charge in [0.05, 0.1) is 18.5 Å². The zero-order valence-corrected chi connectivity index (χ0v) is 13.3. The summed E-state index contributed by atoms with van der Waals surface area (Å²) in [5.74, 6) is 0.467. The number of methoxy groups -OCH3 is 1. The molecule has 0 aromatic heterocycles. The quantitative estimate of drug-likeness (QED) is 0.717. The Morgan fingerprint density at radius 1 is 0.833 bits per heavy atom. The van der Waals surface area contributed by atoms with Crippen LogP contribution in [0.1, 0.15) is 10.4 Å². The molecule has 4 nitrogen and oxygen atoms in total. The third kappa shape index (κ3) is 3.73. The van der Waals surface area contributed by atoms with Crippen LogP contribution in [0.3, 0.4) is 0 Å². The Morgan fingerprint density at radius 2 is 1.54 bits per heavy atom. The molecule has 3 aromatic rings. The van der Waals surface area contributed by atoms with Crippen molar-refractivity contribution in [1.82, 2.24) is 0 Å². The number of amides is 1. The normalized spacial score (nSPS) is 10.0. The smallest absolute Gasteiger partial charge is 0.255 e. The second-order valence-electron chi connectivity index (χ2n) is 5.22. The summed E-state index contributed by atoms with van der Waals surface area (Å²) in [7, 11) is 1.58. The Labute approximate surface area is 141 Å². The van der Waals surface area contributed by atoms with E-state index in [-0.39, 0.29) is 5.91 Å². The maximum Gasteiger partial charge on any atom is 0.255 e. The van der Waals surface area contributed by atoms with Crippen molar-refractivity contribution in [1.29, 1.82) is 0 Å². The predicted molar refractivity (Wildman–Crippen MR) is 97.1 cm³/mol. The van der Waals surface area contributed by atoms with Crippen LogP contribution in [0.2, 0.25) is 0 Å². The van der Waals surface area contributed by atoms with Gasteiger partial charge in [-0.25, -0.2) is 0 Å². The monoisotopic (exact) mass is 318 g/mol. The number of benzene rings is 3. The molecule has 0 aliphatic carbocycles. The van der Waals surface area contributed by atoms with E-state index in [1.807, 2.05) is 60.7 Å². The summed E-state index contributed by atoms with van der Waals surface area (Å²) < 4.78 is 5.17. The minimum atomic E-state index is -0.184. The molecule has 0 unspecified atom stereocenters. The van der Waals surface area contributed by atoms with E-state index >= 15 is 0 Å². The van der Waals surface area contributed by atoms with Crippen molar-refractivity contribution in [3.8, 4) is 5.75 Å². The van der Waals surface area contributed by atoms with E-state index in [1.54, 1.807) is 25.3 Å². The largest absolute Gasteiger partial charge is 0.497 e. The van der Waals surface area contributed by atoms with Gasteiger partial charge in [-0.05, 0) is 42.5 Å². The van der Waals surface area contributed by atoms with Gasteiger partial charge in [0.2, 0.25) is 0 Å². The van der Waals surface area contributed by atoms with E-state index in [9.17, 15) is 4.79 Å². The van der Waals surface area contributed by atoms with Gasteiger partial charge in [-0.15, -0.1) is 0 Å². The van der Waals surface area contributed by atoms with Crippen LogP contribution >= 0.6 is 0 Å². The molecular weight excluding hydrogens is 300 g/mol. The summed E-state index contributed by atoms with van der Waals surface area (Å²) in [6.45, 7) is 0. The first-order valence-corrected chi connectivity index (χ1v) is 7.63. The molecule has 0 atom stereocenters. The molecule has 0 saturated carbocycles. The summed E-state index contributed by atoms with van der Waals surface area (Å²) in [6, 6.07) is 24.5. The van der Waals surface area contributed by atoms with E-state index in [0.717, 1.165) is 11.4 Å². The molecule has 0 radical (unpaired) electrons. The molecule has 0 heterocycles. The molecule has 4 heteroatoms. The van der Waals surface area contributed by atoms with E-state index < -0.39 is 0 Å². The van der Waals surface area contributed by atoms with Gasteiger partial charge in [-0.2, -0.15) is 0 Å². The number of para-hydroxylation sites is 3. The Hall–Kier alpha value is -3.27. The maximum atomic E-state index is 12.5. The van der Waals surface area contributed by atoms with Crippen molar-refractivity contribution in [3.05, 3.63) is 84.4 Å². The first kappa shape index (κ1) is 15.6. The minimum absolute atomic E-state index is 0.184. The zero-order valence-electron chi connectivity index (χ0n) is 13.3. The van der Waals surface area contributed by atoms with Crippen molar-refractivity contribution < 1.29 is 9.53 Å². The fraction of sp³-hybridized carbons (Fsp3) is 0.0500. The number of carbonyl (C=O) groups excluding carboxylic acids is 1. The maximum absolute atomic E-state index is 12.5. The first-order valence-electron chi connectivity index (χ1n) is 7.63. The number of nitrogens with one attached hydrogen (secondary N) is 2. The number of ether oxygens (including phenoxy) is 1. The van der Waals surface area contributed by atoms with Crippen molar-refractivity contribution >= 4 is 23.0 Å². The number of hydrogen-bond acceptors (Lipinski definition) is 3. The van der Waals surface area contributed by atoms with Crippen LogP contribution < -0.4 is 15.4 Å². The number of anilines is 3. The van der Waals surface area contributed by atoms with Crippen molar-refractivity contribution in [2.75, 3.05) is 17.7 Å². The van der Waals surface area contributed by atoms with E-state index in [2.05, 4.69) is 10.6 Å². The van der Waals surface area contributed by atoms with Crippen molar-refractivity contribution in [2.45, 2.75) is 0 Å². The molecule has 0 aliphatic heterocycles. The zero-order chi connectivity index (χ0) is 16.8. The van der Waals surface area contributed by atoms with Crippen LogP contribution in [-0.4, -0.2) is 13.0 Å². The standard InChI is InChI=1S/C20H18N2O2/c1-24-17-11-7-8-15(14-17)20(23)22-19-13-6-5-12-18(19)21-16-9-3-2-4-10-16/h2-14,21H,1H3,(H,22,23). The number of hydrogen-bond donors (Lipinski definition) is 2. The van der Waals surface area contributed by atoms with Crippen LogP contribution in [0.4, 0.5) is 17.1 Å². The summed E-state index contributed by atoms with van der Waals surface area (Å²) in [5.41, 5.74) is 3.05. The highest BCUT2D eigenvalue weighted by molar-refractivity contribution is 6.06. The lowest BCUT2D eigenvalue weighted by Gasteiger charge is -2.13. The van der Waals surface area contributed by atoms with Gasteiger partial charge >= 0.3 is 0 Å². The van der Waals surface area contributed by atoms with E-state index in [4.69, 9.17) is 4.74 Å². The molecule has 1 amide bonds. The van der Waals surface area contributed by atoms with Gasteiger partial charge in [0.25, 0.3) is 5.91 Å². The van der Waals surface area contributed by atoms with Crippen LogP contribution in [0, 0.1) is 0 Å². The van der Waals surface area contributed by atoms with Gasteiger partial charge in [0.15, 0.2) is 0 Å². The minimum Gasteiger partial charge on any atom is -0.497 e. The summed E-state index contributed by atoms with van der Waals surface area (Å²) in [5, 5.41) is 6.25. The average Bonchev–Trinajstić information content (AvgIpc) is 2.64. The molecule has 3 aromatic carbocycles. The molecule has 24 heavy (non-hydrogen) atoms. The lowest BCUT2D eigenvalue weighted by Crippen LogP contribution is -2.13. The lowest BCUT2D eigenvalue weighted by molar-refractivity contribution is 0.102. The second kappa shape index (κ2) is 7.33. The average molecular weight is 318 g/mol. The van der Waals surface area contributed by atoms with E-state index in [1.165, 1.54) is 0 Å². The van der Waals surface area contributed by atoms with Crippen molar-refractivity contribution in [3.63, 3.8) is 0 Å². The third-order valence-corrected chi connectivity index (χ3v) is 3.56. The van der Waals surface area contributed by atoms with Gasteiger partial charge in [0.1, 0.15) is 5.75 Å². The molecule has 0 saturated heterocycles. The number of rotatable bonds is 5. The highest BCUT2D eigenvalue weighted by atomic mass is 16.5. The van der Waals surface area contributed by atoms with Crippen LogP contribution in [0.15, 0.2) is 78.9 Å². The van der Waals surface area contributed by atoms with Crippen LogP contribution in [0.5, 0.6) is 5.75 Å². The highest BCUT2D eigenvalue weighted by Gasteiger charge is 2.10. The molecular formula is C20H18N2O2. The fourth-order valence-electron chi connectivity index (χ4n) is 2.34. The van der Waals surface area contributed by atoms with Gasteiger partial charge < -0.3 is 15.4 Å². The van der Waals surface area contributed by atoms with Crippen LogP contribution in [0.25, 0.3) is 0 Å². The lowest BCUT2D eigenvalue weighted by atomic mass is 10.2. The summed E-state index contributed by atoms with van der Waals surface area (Å²) in [4.78, 5) is 12.5. The molecule has 0 spiro atoms.